The zero-order chi connectivity index (χ0) is 22.0. The van der Waals surface area contributed by atoms with E-state index in [2.05, 4.69) is 15.0 Å². The molecule has 1 amide bonds. The number of rotatable bonds is 4. The van der Waals surface area contributed by atoms with Crippen LogP contribution in [-0.2, 0) is 0 Å². The van der Waals surface area contributed by atoms with E-state index in [0.717, 1.165) is 27.8 Å². The fourth-order valence-electron chi connectivity index (χ4n) is 3.84. The smallest absolute Gasteiger partial charge is 0.254 e. The van der Waals surface area contributed by atoms with Crippen molar-refractivity contribution in [1.82, 2.24) is 14.9 Å². The van der Waals surface area contributed by atoms with E-state index in [4.69, 9.17) is 5.73 Å². The summed E-state index contributed by atoms with van der Waals surface area (Å²) in [5.74, 6) is -0.0642. The van der Waals surface area contributed by atoms with Crippen LogP contribution >= 0.6 is 0 Å². The Morgan fingerprint density at radius 2 is 2.00 bits per heavy atom. The SMILES string of the molecule is CN=C(C1=C(N)CN(C(=O)c2ccc3ncccc3c2)CC1)c1ccc(C(C)F)nc1. The van der Waals surface area contributed by atoms with Crippen molar-refractivity contribution in [3.63, 3.8) is 0 Å². The summed E-state index contributed by atoms with van der Waals surface area (Å²) in [6.07, 6.45) is 2.81. The van der Waals surface area contributed by atoms with Crippen molar-refractivity contribution < 1.29 is 9.18 Å². The Kier molecular flexibility index (Phi) is 5.75. The molecule has 1 aliphatic heterocycles. The molecule has 1 aromatic carbocycles. The highest BCUT2D eigenvalue weighted by Crippen LogP contribution is 2.23. The van der Waals surface area contributed by atoms with Crippen molar-refractivity contribution in [2.24, 2.45) is 10.7 Å². The summed E-state index contributed by atoms with van der Waals surface area (Å²) in [7, 11) is 1.70. The molecule has 1 atom stereocenters. The van der Waals surface area contributed by atoms with Gasteiger partial charge in [0.2, 0.25) is 0 Å². The molecule has 4 rings (SSSR count). The van der Waals surface area contributed by atoms with Crippen LogP contribution in [0.2, 0.25) is 0 Å². The van der Waals surface area contributed by atoms with Gasteiger partial charge in [0, 0.05) is 53.8 Å². The lowest BCUT2D eigenvalue weighted by atomic mass is 9.95. The zero-order valence-corrected chi connectivity index (χ0v) is 17.5. The van der Waals surface area contributed by atoms with Gasteiger partial charge in [0.15, 0.2) is 0 Å². The summed E-state index contributed by atoms with van der Waals surface area (Å²) in [6, 6.07) is 12.8. The Balaban J connectivity index is 1.55. The number of aliphatic imine (C=N–C) groups is 1. The number of hydrogen-bond donors (Lipinski definition) is 1. The zero-order valence-electron chi connectivity index (χ0n) is 17.5. The van der Waals surface area contributed by atoms with Crippen molar-refractivity contribution in [1.29, 1.82) is 0 Å². The number of pyridine rings is 2. The summed E-state index contributed by atoms with van der Waals surface area (Å²) in [6.45, 7) is 2.31. The maximum atomic E-state index is 13.4. The fraction of sp³-hybridized carbons (Fsp3) is 0.250. The van der Waals surface area contributed by atoms with Crippen molar-refractivity contribution in [3.05, 3.63) is 82.9 Å². The number of amides is 1. The highest BCUT2D eigenvalue weighted by molar-refractivity contribution is 6.13. The molecule has 2 N–H and O–H groups in total. The van der Waals surface area contributed by atoms with Gasteiger partial charge in [0.05, 0.1) is 23.5 Å². The Hall–Kier alpha value is -3.61. The average Bonchev–Trinajstić information content (AvgIpc) is 2.80. The molecule has 0 aliphatic carbocycles. The largest absolute Gasteiger partial charge is 0.400 e. The molecule has 7 heteroatoms. The van der Waals surface area contributed by atoms with E-state index in [9.17, 15) is 9.18 Å². The molecule has 0 spiro atoms. The van der Waals surface area contributed by atoms with Gasteiger partial charge in [-0.2, -0.15) is 0 Å². The lowest BCUT2D eigenvalue weighted by Gasteiger charge is -2.30. The molecule has 1 unspecified atom stereocenters. The fourth-order valence-corrected chi connectivity index (χ4v) is 3.84. The number of alkyl halides is 1. The van der Waals surface area contributed by atoms with E-state index < -0.39 is 6.17 Å². The highest BCUT2D eigenvalue weighted by Gasteiger charge is 2.25. The van der Waals surface area contributed by atoms with E-state index in [0.29, 0.717) is 36.5 Å². The summed E-state index contributed by atoms with van der Waals surface area (Å²) < 4.78 is 13.4. The predicted octanol–water partition coefficient (Wildman–Crippen LogP) is 3.84. The lowest BCUT2D eigenvalue weighted by Crippen LogP contribution is -2.40. The number of nitrogens with zero attached hydrogens (tertiary/aromatic N) is 4. The van der Waals surface area contributed by atoms with E-state index in [1.54, 1.807) is 36.5 Å². The van der Waals surface area contributed by atoms with Crippen molar-refractivity contribution in [2.45, 2.75) is 19.5 Å². The number of fused-ring (bicyclic) bond motifs is 1. The van der Waals surface area contributed by atoms with Gasteiger partial charge < -0.3 is 10.6 Å². The normalized spacial score (nSPS) is 16.0. The summed E-state index contributed by atoms with van der Waals surface area (Å²) in [4.78, 5) is 27.7. The molecule has 2 aromatic heterocycles. The molecular weight excluding hydrogens is 393 g/mol. The van der Waals surface area contributed by atoms with E-state index in [-0.39, 0.29) is 5.91 Å². The molecule has 1 aliphatic rings. The molecular formula is C24H24FN5O. The second-order valence-corrected chi connectivity index (χ2v) is 7.55. The minimum atomic E-state index is -1.12. The monoisotopic (exact) mass is 417 g/mol. The number of hydrogen-bond acceptors (Lipinski definition) is 5. The first-order valence-corrected chi connectivity index (χ1v) is 10.2. The number of carbonyl (C=O) groups is 1. The number of carbonyl (C=O) groups excluding carboxylic acids is 1. The number of benzene rings is 1. The molecule has 0 radical (unpaired) electrons. The van der Waals surface area contributed by atoms with Crippen molar-refractivity contribution >= 4 is 22.5 Å². The van der Waals surface area contributed by atoms with Gasteiger partial charge in [0.25, 0.3) is 5.91 Å². The van der Waals surface area contributed by atoms with Crippen LogP contribution in [0.1, 0.15) is 41.1 Å². The van der Waals surface area contributed by atoms with Gasteiger partial charge in [-0.25, -0.2) is 4.39 Å². The minimum Gasteiger partial charge on any atom is -0.400 e. The van der Waals surface area contributed by atoms with Crippen LogP contribution in [0, 0.1) is 0 Å². The molecule has 0 bridgehead atoms. The van der Waals surface area contributed by atoms with Gasteiger partial charge in [-0.1, -0.05) is 6.07 Å². The van der Waals surface area contributed by atoms with E-state index >= 15 is 0 Å². The minimum absolute atomic E-state index is 0.0642. The predicted molar refractivity (Wildman–Crippen MR) is 120 cm³/mol. The second kappa shape index (κ2) is 8.63. The Bertz CT molecular complexity index is 1180. The lowest BCUT2D eigenvalue weighted by molar-refractivity contribution is 0.0764. The molecule has 3 heterocycles. The molecule has 0 fully saturated rings. The van der Waals surface area contributed by atoms with Gasteiger partial charge >= 0.3 is 0 Å². The first-order valence-electron chi connectivity index (χ1n) is 10.2. The number of nitrogens with two attached hydrogens (primary N) is 1. The van der Waals surface area contributed by atoms with Gasteiger partial charge in [-0.3, -0.25) is 19.8 Å². The molecule has 3 aromatic rings. The van der Waals surface area contributed by atoms with Crippen LogP contribution in [-0.4, -0.2) is 46.6 Å². The Morgan fingerprint density at radius 1 is 1.19 bits per heavy atom. The van der Waals surface area contributed by atoms with E-state index in [1.807, 2.05) is 30.3 Å². The topological polar surface area (TPSA) is 84.5 Å². The van der Waals surface area contributed by atoms with Gasteiger partial charge in [0.1, 0.15) is 6.17 Å². The summed E-state index contributed by atoms with van der Waals surface area (Å²) in [5, 5.41) is 0.925. The maximum Gasteiger partial charge on any atom is 0.254 e. The average molecular weight is 417 g/mol. The maximum absolute atomic E-state index is 13.4. The van der Waals surface area contributed by atoms with Crippen LogP contribution in [0.15, 0.2) is 71.1 Å². The summed E-state index contributed by atoms with van der Waals surface area (Å²) in [5.41, 5.74) is 11.2. The third-order valence-electron chi connectivity index (χ3n) is 5.49. The number of halogens is 1. The quantitative estimate of drug-likeness (QED) is 0.654. The van der Waals surface area contributed by atoms with Crippen LogP contribution in [0.25, 0.3) is 10.9 Å². The van der Waals surface area contributed by atoms with Crippen molar-refractivity contribution in [3.8, 4) is 0 Å². The molecule has 6 nitrogen and oxygen atoms in total. The Morgan fingerprint density at radius 3 is 2.68 bits per heavy atom. The second-order valence-electron chi connectivity index (χ2n) is 7.55. The third kappa shape index (κ3) is 4.17. The van der Waals surface area contributed by atoms with Crippen LogP contribution < -0.4 is 5.73 Å². The summed E-state index contributed by atoms with van der Waals surface area (Å²) >= 11 is 0. The highest BCUT2D eigenvalue weighted by atomic mass is 19.1. The van der Waals surface area contributed by atoms with Gasteiger partial charge in [-0.05, 0) is 49.7 Å². The van der Waals surface area contributed by atoms with Crippen LogP contribution in [0.5, 0.6) is 0 Å². The van der Waals surface area contributed by atoms with E-state index in [1.165, 1.54) is 6.92 Å². The molecule has 0 saturated carbocycles. The molecule has 31 heavy (non-hydrogen) atoms. The van der Waals surface area contributed by atoms with Crippen molar-refractivity contribution in [2.75, 3.05) is 20.1 Å². The first-order chi connectivity index (χ1) is 15.0. The Labute approximate surface area is 180 Å². The standard InChI is InChI=1S/C24H24FN5O/c1-15(25)21-7-6-18(13-29-21)23(27-2)19-9-11-30(14-20(19)26)24(31)17-5-8-22-16(12-17)4-3-10-28-22/h3-8,10,12-13,15H,9,11,14,26H2,1-2H3. The van der Waals surface area contributed by atoms with Gasteiger partial charge in [-0.15, -0.1) is 0 Å². The first kappa shape index (κ1) is 20.7. The third-order valence-corrected chi connectivity index (χ3v) is 5.49. The number of aromatic nitrogens is 2. The van der Waals surface area contributed by atoms with Crippen LogP contribution in [0.4, 0.5) is 4.39 Å². The van der Waals surface area contributed by atoms with Crippen LogP contribution in [0.3, 0.4) is 0 Å². The molecule has 0 saturated heterocycles. The molecule has 158 valence electrons.